The molecule has 0 amide bonds. The van der Waals surface area contributed by atoms with Crippen LogP contribution in [0.25, 0.3) is 11.4 Å². The van der Waals surface area contributed by atoms with Crippen molar-refractivity contribution in [1.29, 1.82) is 0 Å². The van der Waals surface area contributed by atoms with Gasteiger partial charge in [0.1, 0.15) is 0 Å². The van der Waals surface area contributed by atoms with Crippen LogP contribution in [0.3, 0.4) is 0 Å². The second-order valence-corrected chi connectivity index (χ2v) is 5.93. The number of hydrogen-bond donors (Lipinski definition) is 1. The van der Waals surface area contributed by atoms with Crippen LogP contribution in [0.1, 0.15) is 5.89 Å². The third-order valence-corrected chi connectivity index (χ3v) is 4.14. The minimum Gasteiger partial charge on any atom is -0.481 e. The first kappa shape index (κ1) is 21.0. The van der Waals surface area contributed by atoms with Gasteiger partial charge >= 0.3 is 12.1 Å². The molecule has 12 heteroatoms. The molecule has 1 aliphatic rings. The lowest BCUT2D eigenvalue weighted by Crippen LogP contribution is -2.33. The third-order valence-electron chi connectivity index (χ3n) is 4.14. The first-order valence-corrected chi connectivity index (χ1v) is 7.45. The average molecular weight is 414 g/mol. The summed E-state index contributed by atoms with van der Waals surface area (Å²) in [5.74, 6) is -7.37. The van der Waals surface area contributed by atoms with Crippen LogP contribution in [-0.2, 0) is 11.3 Å². The molecule has 0 unspecified atom stereocenters. The molecule has 27 heavy (non-hydrogen) atoms. The summed E-state index contributed by atoms with van der Waals surface area (Å²) in [7, 11) is 0. The fourth-order valence-corrected chi connectivity index (χ4v) is 2.86. The zero-order valence-electron chi connectivity index (χ0n) is 13.4. The van der Waals surface area contributed by atoms with Gasteiger partial charge in [-0.25, -0.2) is 8.78 Å². The van der Waals surface area contributed by atoms with E-state index in [2.05, 4.69) is 10.1 Å². The van der Waals surface area contributed by atoms with E-state index in [1.165, 1.54) is 11.0 Å². The van der Waals surface area contributed by atoms with Gasteiger partial charge in [0.05, 0.1) is 18.4 Å². The fourth-order valence-electron chi connectivity index (χ4n) is 2.86. The molecular weight excluding hydrogens is 401 g/mol. The number of likely N-dealkylation sites (tertiary alicyclic amines) is 1. The van der Waals surface area contributed by atoms with Gasteiger partial charge in [-0.05, 0) is 18.2 Å². The van der Waals surface area contributed by atoms with Crippen molar-refractivity contribution in [3.05, 3.63) is 35.7 Å². The Bertz CT molecular complexity index is 829. The minimum absolute atomic E-state index is 0. The third kappa shape index (κ3) is 4.53. The molecule has 1 aliphatic heterocycles. The van der Waals surface area contributed by atoms with Crippen LogP contribution in [0.2, 0.25) is 0 Å². The van der Waals surface area contributed by atoms with Crippen LogP contribution in [0, 0.1) is 23.5 Å². The molecule has 0 aliphatic carbocycles. The number of hydrogen-bond acceptors (Lipinski definition) is 5. The van der Waals surface area contributed by atoms with E-state index < -0.39 is 42.2 Å². The Morgan fingerprint density at radius 3 is 2.52 bits per heavy atom. The summed E-state index contributed by atoms with van der Waals surface area (Å²) in [5.41, 5.74) is 0.136. The maximum absolute atomic E-state index is 13.2. The summed E-state index contributed by atoms with van der Waals surface area (Å²) in [6.45, 7) is -1.02. The average Bonchev–Trinajstić information content (AvgIpc) is 3.17. The number of rotatable bonds is 4. The molecule has 0 bridgehead atoms. The Labute approximate surface area is 155 Å². The summed E-state index contributed by atoms with van der Waals surface area (Å²) in [6.07, 6.45) is -4.64. The van der Waals surface area contributed by atoms with Crippen molar-refractivity contribution in [2.24, 2.45) is 11.8 Å². The normalized spacial score (nSPS) is 20.5. The lowest BCUT2D eigenvalue weighted by atomic mass is 9.96. The van der Waals surface area contributed by atoms with Gasteiger partial charge in [0, 0.05) is 18.7 Å². The highest BCUT2D eigenvalue weighted by atomic mass is 35.5. The van der Waals surface area contributed by atoms with E-state index in [0.717, 1.165) is 12.1 Å². The second kappa shape index (κ2) is 7.77. The van der Waals surface area contributed by atoms with E-state index >= 15 is 0 Å². The Morgan fingerprint density at radius 1 is 1.26 bits per heavy atom. The standard InChI is InChI=1S/C15H12F5N3O3.ClH/c16-10-2-1-7(3-11(10)17)13-21-12(26-22-13)6-23-4-8(14(24)25)9(5-23)15(18,19)20;/h1-3,8-9H,4-6H2,(H,24,25);1H/t8-,9-;/m1./s1. The quantitative estimate of drug-likeness (QED) is 0.776. The van der Waals surface area contributed by atoms with Gasteiger partial charge in [0.25, 0.3) is 0 Å². The molecule has 2 atom stereocenters. The van der Waals surface area contributed by atoms with Crippen LogP contribution in [0.4, 0.5) is 22.0 Å². The number of alkyl halides is 3. The van der Waals surface area contributed by atoms with Gasteiger partial charge in [-0.15, -0.1) is 12.4 Å². The predicted octanol–water partition coefficient (Wildman–Crippen LogP) is 3.13. The topological polar surface area (TPSA) is 79.5 Å². The zero-order valence-corrected chi connectivity index (χ0v) is 14.2. The molecule has 1 aromatic carbocycles. The first-order chi connectivity index (χ1) is 12.1. The molecule has 2 heterocycles. The summed E-state index contributed by atoms with van der Waals surface area (Å²) in [4.78, 5) is 16.2. The molecule has 1 aromatic heterocycles. The lowest BCUT2D eigenvalue weighted by Gasteiger charge is -2.17. The summed E-state index contributed by atoms with van der Waals surface area (Å²) in [6, 6.07) is 2.97. The van der Waals surface area contributed by atoms with E-state index in [1.807, 2.05) is 0 Å². The van der Waals surface area contributed by atoms with Crippen molar-refractivity contribution in [1.82, 2.24) is 15.0 Å². The van der Waals surface area contributed by atoms with Crippen LogP contribution < -0.4 is 0 Å². The van der Waals surface area contributed by atoms with Crippen LogP contribution in [0.15, 0.2) is 22.7 Å². The summed E-state index contributed by atoms with van der Waals surface area (Å²) >= 11 is 0. The maximum Gasteiger partial charge on any atom is 0.393 e. The summed E-state index contributed by atoms with van der Waals surface area (Å²) < 4.78 is 70.0. The van der Waals surface area contributed by atoms with E-state index in [1.54, 1.807) is 0 Å². The van der Waals surface area contributed by atoms with Gasteiger partial charge in [0.2, 0.25) is 11.7 Å². The molecule has 1 N–H and O–H groups in total. The van der Waals surface area contributed by atoms with Gasteiger partial charge in [-0.3, -0.25) is 9.69 Å². The van der Waals surface area contributed by atoms with E-state index in [4.69, 9.17) is 9.63 Å². The number of nitrogens with zero attached hydrogens (tertiary/aromatic N) is 3. The van der Waals surface area contributed by atoms with Crippen LogP contribution in [-0.4, -0.2) is 45.4 Å². The van der Waals surface area contributed by atoms with Crippen LogP contribution in [0.5, 0.6) is 0 Å². The molecule has 3 rings (SSSR count). The predicted molar refractivity (Wildman–Crippen MR) is 82.8 cm³/mol. The molecule has 2 aromatic rings. The van der Waals surface area contributed by atoms with Crippen molar-refractivity contribution in [2.45, 2.75) is 12.7 Å². The highest BCUT2D eigenvalue weighted by Gasteiger charge is 2.52. The number of aromatic nitrogens is 2. The Kier molecular flexibility index (Phi) is 6.05. The number of carboxylic acid groups (broad SMARTS) is 1. The summed E-state index contributed by atoms with van der Waals surface area (Å²) in [5, 5.41) is 12.6. The van der Waals surface area contributed by atoms with Crippen molar-refractivity contribution in [2.75, 3.05) is 13.1 Å². The van der Waals surface area contributed by atoms with Crippen molar-refractivity contribution in [3.63, 3.8) is 0 Å². The molecule has 0 saturated carbocycles. The monoisotopic (exact) mass is 413 g/mol. The smallest absolute Gasteiger partial charge is 0.393 e. The van der Waals surface area contributed by atoms with Gasteiger partial charge in [-0.1, -0.05) is 5.16 Å². The number of halogens is 6. The molecular formula is C15H13ClF5N3O3. The van der Waals surface area contributed by atoms with Gasteiger partial charge in [-0.2, -0.15) is 18.2 Å². The molecule has 0 radical (unpaired) electrons. The first-order valence-electron chi connectivity index (χ1n) is 7.45. The SMILES string of the molecule is Cl.O=C(O)[C@@H]1CN(Cc2nc(-c3ccc(F)c(F)c3)no2)C[C@H]1C(F)(F)F. The number of carboxylic acids is 1. The second-order valence-electron chi connectivity index (χ2n) is 5.93. The van der Waals surface area contributed by atoms with Gasteiger partial charge in [0.15, 0.2) is 11.6 Å². The Balaban J connectivity index is 0.00000261. The maximum atomic E-state index is 13.2. The number of benzene rings is 1. The van der Waals surface area contributed by atoms with E-state index in [9.17, 15) is 26.7 Å². The fraction of sp³-hybridized carbons (Fsp3) is 0.400. The van der Waals surface area contributed by atoms with Crippen LogP contribution >= 0.6 is 12.4 Å². The Morgan fingerprint density at radius 2 is 1.96 bits per heavy atom. The largest absolute Gasteiger partial charge is 0.481 e. The zero-order chi connectivity index (χ0) is 19.1. The minimum atomic E-state index is -4.64. The molecule has 6 nitrogen and oxygen atoms in total. The van der Waals surface area contributed by atoms with Gasteiger partial charge < -0.3 is 9.63 Å². The number of carbonyl (C=O) groups is 1. The van der Waals surface area contributed by atoms with Crippen molar-refractivity contribution >= 4 is 18.4 Å². The number of aliphatic carboxylic acids is 1. The molecule has 1 saturated heterocycles. The van der Waals surface area contributed by atoms with E-state index in [0.29, 0.717) is 0 Å². The molecule has 148 valence electrons. The van der Waals surface area contributed by atoms with Crippen molar-refractivity contribution < 1.29 is 36.4 Å². The lowest BCUT2D eigenvalue weighted by molar-refractivity contribution is -0.188. The highest BCUT2D eigenvalue weighted by molar-refractivity contribution is 5.85. The Hall–Kier alpha value is -2.27. The van der Waals surface area contributed by atoms with Crippen molar-refractivity contribution in [3.8, 4) is 11.4 Å². The molecule has 1 fully saturated rings. The highest BCUT2D eigenvalue weighted by Crippen LogP contribution is 2.38. The molecule has 0 spiro atoms. The van der Waals surface area contributed by atoms with E-state index in [-0.39, 0.29) is 42.8 Å².